The highest BCUT2D eigenvalue weighted by Gasteiger charge is 2.16. The molecule has 0 radical (unpaired) electrons. The second kappa shape index (κ2) is 12.1. The van der Waals surface area contributed by atoms with Crippen molar-refractivity contribution in [3.05, 3.63) is 36.4 Å². The third-order valence-electron chi connectivity index (χ3n) is 4.95. The summed E-state index contributed by atoms with van der Waals surface area (Å²) in [6.45, 7) is 11.2. The largest absolute Gasteiger partial charge is 0.325 e. The predicted molar refractivity (Wildman–Crippen MR) is 126 cm³/mol. The quantitative estimate of drug-likeness (QED) is 0.492. The molecule has 0 heterocycles. The third kappa shape index (κ3) is 6.12. The number of hydrogen-bond acceptors (Lipinski definition) is 2. The number of hydrogen-bond donors (Lipinski definition) is 2. The molecule has 2 aromatic rings. The van der Waals surface area contributed by atoms with E-state index in [0.717, 1.165) is 74.0 Å². The highest BCUT2D eigenvalue weighted by molar-refractivity contribution is 6.08. The molecule has 0 aromatic heterocycles. The molecule has 2 aromatic carbocycles. The van der Waals surface area contributed by atoms with E-state index in [4.69, 9.17) is 0 Å². The maximum Gasteiger partial charge on any atom is 0.321 e. The van der Waals surface area contributed by atoms with Crippen molar-refractivity contribution < 1.29 is 9.59 Å². The summed E-state index contributed by atoms with van der Waals surface area (Å²) in [6, 6.07) is 11.4. The lowest BCUT2D eigenvalue weighted by atomic mass is 10.1. The van der Waals surface area contributed by atoms with E-state index in [-0.39, 0.29) is 12.1 Å². The lowest BCUT2D eigenvalue weighted by Crippen LogP contribution is -2.36. The summed E-state index contributed by atoms with van der Waals surface area (Å²) in [4.78, 5) is 29.2. The van der Waals surface area contributed by atoms with Crippen LogP contribution in [0.25, 0.3) is 10.8 Å². The Labute approximate surface area is 180 Å². The standard InChI is InChI=1S/C24H36N4O2/c1-5-15-27(16-6-2)23(29)25-21-13-9-12-20-19(21)11-10-14-22(20)26-24(30)28(17-7-3)18-8-4/h9-14H,5-8,15-18H2,1-4H3,(H,25,29)(H,26,30). The van der Waals surface area contributed by atoms with Crippen LogP contribution in [0.3, 0.4) is 0 Å². The van der Waals surface area contributed by atoms with E-state index in [1.165, 1.54) is 0 Å². The Morgan fingerprint density at radius 3 is 1.27 bits per heavy atom. The first kappa shape index (κ1) is 23.5. The first-order valence-electron chi connectivity index (χ1n) is 11.2. The normalized spacial score (nSPS) is 10.7. The van der Waals surface area contributed by atoms with Crippen LogP contribution in [0.1, 0.15) is 53.4 Å². The van der Waals surface area contributed by atoms with Gasteiger partial charge >= 0.3 is 12.1 Å². The fourth-order valence-corrected chi connectivity index (χ4v) is 3.63. The van der Waals surface area contributed by atoms with Crippen molar-refractivity contribution in [1.82, 2.24) is 9.80 Å². The van der Waals surface area contributed by atoms with Gasteiger partial charge in [0.1, 0.15) is 0 Å². The molecule has 0 saturated heterocycles. The van der Waals surface area contributed by atoms with Crippen molar-refractivity contribution in [2.45, 2.75) is 53.4 Å². The smallest absolute Gasteiger partial charge is 0.321 e. The lowest BCUT2D eigenvalue weighted by molar-refractivity contribution is 0.211. The monoisotopic (exact) mass is 412 g/mol. The second-order valence-electron chi connectivity index (χ2n) is 7.54. The van der Waals surface area contributed by atoms with E-state index in [1.807, 2.05) is 46.2 Å². The molecule has 0 fully saturated rings. The number of carbonyl (C=O) groups is 2. The van der Waals surface area contributed by atoms with Crippen molar-refractivity contribution in [2.24, 2.45) is 0 Å². The first-order chi connectivity index (χ1) is 14.5. The molecule has 6 nitrogen and oxygen atoms in total. The molecule has 0 saturated carbocycles. The average molecular weight is 413 g/mol. The molecule has 0 unspecified atom stereocenters. The maximum atomic E-state index is 12.8. The number of benzene rings is 2. The zero-order chi connectivity index (χ0) is 21.9. The van der Waals surface area contributed by atoms with Gasteiger partial charge in [-0.2, -0.15) is 0 Å². The van der Waals surface area contributed by atoms with Gasteiger partial charge in [0.25, 0.3) is 0 Å². The van der Waals surface area contributed by atoms with Crippen LogP contribution in [-0.2, 0) is 0 Å². The summed E-state index contributed by atoms with van der Waals surface area (Å²) in [6.07, 6.45) is 3.69. The average Bonchev–Trinajstić information content (AvgIpc) is 2.74. The maximum absolute atomic E-state index is 12.8. The Hall–Kier alpha value is -2.76. The van der Waals surface area contributed by atoms with Crippen LogP contribution in [0.4, 0.5) is 21.0 Å². The van der Waals surface area contributed by atoms with Crippen LogP contribution in [-0.4, -0.2) is 48.0 Å². The molecule has 30 heavy (non-hydrogen) atoms. The van der Waals surface area contributed by atoms with E-state index in [2.05, 4.69) is 38.3 Å². The molecule has 0 aliphatic heterocycles. The van der Waals surface area contributed by atoms with Gasteiger partial charge < -0.3 is 20.4 Å². The first-order valence-corrected chi connectivity index (χ1v) is 11.2. The molecular weight excluding hydrogens is 376 g/mol. The third-order valence-corrected chi connectivity index (χ3v) is 4.95. The number of urea groups is 2. The highest BCUT2D eigenvalue weighted by Crippen LogP contribution is 2.29. The zero-order valence-electron chi connectivity index (χ0n) is 18.8. The number of fused-ring (bicyclic) bond motifs is 1. The number of nitrogens with one attached hydrogen (secondary N) is 2. The van der Waals surface area contributed by atoms with Gasteiger partial charge in [-0.3, -0.25) is 0 Å². The summed E-state index contributed by atoms with van der Waals surface area (Å²) in [5, 5.41) is 7.95. The zero-order valence-corrected chi connectivity index (χ0v) is 18.8. The Bertz CT molecular complexity index is 756. The van der Waals surface area contributed by atoms with Gasteiger partial charge in [0.2, 0.25) is 0 Å². The molecule has 164 valence electrons. The molecule has 0 bridgehead atoms. The van der Waals surface area contributed by atoms with Gasteiger partial charge in [0.15, 0.2) is 0 Å². The number of carbonyl (C=O) groups excluding carboxylic acids is 2. The summed E-state index contributed by atoms with van der Waals surface area (Å²) in [5.74, 6) is 0. The lowest BCUT2D eigenvalue weighted by Gasteiger charge is -2.23. The van der Waals surface area contributed by atoms with Gasteiger partial charge in [0, 0.05) is 37.0 Å². The summed E-state index contributed by atoms with van der Waals surface area (Å²) < 4.78 is 0. The van der Waals surface area contributed by atoms with E-state index < -0.39 is 0 Å². The molecule has 0 aliphatic rings. The van der Waals surface area contributed by atoms with Crippen LogP contribution in [0, 0.1) is 0 Å². The number of amides is 4. The van der Waals surface area contributed by atoms with Crippen LogP contribution in [0.2, 0.25) is 0 Å². The Kier molecular flexibility index (Phi) is 9.45. The minimum Gasteiger partial charge on any atom is -0.325 e. The van der Waals surface area contributed by atoms with Gasteiger partial charge in [-0.25, -0.2) is 9.59 Å². The fourth-order valence-electron chi connectivity index (χ4n) is 3.63. The molecule has 0 spiro atoms. The van der Waals surface area contributed by atoms with Crippen molar-refractivity contribution in [3.63, 3.8) is 0 Å². The fraction of sp³-hybridized carbons (Fsp3) is 0.500. The molecule has 2 N–H and O–H groups in total. The van der Waals surface area contributed by atoms with Crippen molar-refractivity contribution >= 4 is 34.2 Å². The highest BCUT2D eigenvalue weighted by atomic mass is 16.2. The van der Waals surface area contributed by atoms with E-state index in [1.54, 1.807) is 0 Å². The SMILES string of the molecule is CCCN(CCC)C(=O)Nc1cccc2c(NC(=O)N(CCC)CCC)cccc12. The molecule has 0 atom stereocenters. The van der Waals surface area contributed by atoms with Gasteiger partial charge in [-0.15, -0.1) is 0 Å². The Balaban J connectivity index is 2.27. The van der Waals surface area contributed by atoms with Gasteiger partial charge in [0.05, 0.1) is 11.4 Å². The van der Waals surface area contributed by atoms with Crippen LogP contribution < -0.4 is 10.6 Å². The summed E-state index contributed by atoms with van der Waals surface area (Å²) >= 11 is 0. The molecular formula is C24H36N4O2. The predicted octanol–water partition coefficient (Wildman–Crippen LogP) is 6.15. The Morgan fingerprint density at radius 2 is 0.967 bits per heavy atom. The van der Waals surface area contributed by atoms with Crippen molar-refractivity contribution in [3.8, 4) is 0 Å². The summed E-state index contributed by atoms with van der Waals surface area (Å²) in [7, 11) is 0. The van der Waals surface area contributed by atoms with Gasteiger partial charge in [-0.1, -0.05) is 52.0 Å². The number of rotatable bonds is 10. The minimum atomic E-state index is -0.0855. The summed E-state index contributed by atoms with van der Waals surface area (Å²) in [5.41, 5.74) is 1.51. The number of nitrogens with zero attached hydrogens (tertiary/aromatic N) is 2. The van der Waals surface area contributed by atoms with Crippen molar-refractivity contribution in [2.75, 3.05) is 36.8 Å². The van der Waals surface area contributed by atoms with E-state index in [9.17, 15) is 9.59 Å². The van der Waals surface area contributed by atoms with E-state index in [0.29, 0.717) is 0 Å². The van der Waals surface area contributed by atoms with Gasteiger partial charge in [-0.05, 0) is 37.8 Å². The van der Waals surface area contributed by atoms with Crippen LogP contribution >= 0.6 is 0 Å². The topological polar surface area (TPSA) is 64.7 Å². The number of anilines is 2. The van der Waals surface area contributed by atoms with Crippen LogP contribution in [0.5, 0.6) is 0 Å². The molecule has 0 aliphatic carbocycles. The molecule has 6 heteroatoms. The van der Waals surface area contributed by atoms with E-state index >= 15 is 0 Å². The molecule has 4 amide bonds. The minimum absolute atomic E-state index is 0.0855. The second-order valence-corrected chi connectivity index (χ2v) is 7.54. The Morgan fingerprint density at radius 1 is 0.633 bits per heavy atom. The van der Waals surface area contributed by atoms with Crippen LogP contribution in [0.15, 0.2) is 36.4 Å². The van der Waals surface area contributed by atoms with Crippen molar-refractivity contribution in [1.29, 1.82) is 0 Å². The molecule has 2 rings (SSSR count).